The Morgan fingerprint density at radius 1 is 0.694 bits per heavy atom. The molecule has 1 unspecified atom stereocenters. The van der Waals surface area contributed by atoms with Crippen molar-refractivity contribution >= 4 is 53.8 Å². The standard InChI is InChI=1S/2C20H22NSi.C13H22F2O2.Ir/c2*1-14-10-15(2)12-17(11-14)20-19-7-6-18(22(3,4)5)13-16(19)8-9-21-20;1-4-9(5-2)11(16)8-12(17)10(6-3)7-13(14)15;/h2*6-11,13H,1-5H3;8-10,13,17H,4-7H2,1-3H3;/q2*-1;;/b;;12-8-;/i8D,9D;9D;;. The van der Waals surface area contributed by atoms with Crippen molar-refractivity contribution < 1.29 is 42.9 Å². The maximum Gasteiger partial charge on any atom is 0.239 e. The minimum Gasteiger partial charge on any atom is -0.512 e. The number of fused-ring (bicyclic) bond motifs is 2. The number of halogens is 2. The van der Waals surface area contributed by atoms with E-state index < -0.39 is 34.9 Å². The van der Waals surface area contributed by atoms with Gasteiger partial charge in [0.25, 0.3) is 0 Å². The Hall–Kier alpha value is -4.15. The summed E-state index contributed by atoms with van der Waals surface area (Å²) < 4.78 is 49.0. The number of alkyl halides is 2. The number of carbonyl (C=O) groups excluding carboxylic acids is 1. The molecule has 62 heavy (non-hydrogen) atoms. The number of carbonyl (C=O) groups is 1. The first-order valence-electron chi connectivity index (χ1n) is 22.9. The quantitative estimate of drug-likeness (QED) is 0.0574. The van der Waals surface area contributed by atoms with Crippen molar-refractivity contribution in [3.8, 4) is 22.5 Å². The smallest absolute Gasteiger partial charge is 0.239 e. The van der Waals surface area contributed by atoms with Crippen LogP contribution in [0, 0.1) is 51.7 Å². The van der Waals surface area contributed by atoms with Crippen LogP contribution in [0.5, 0.6) is 0 Å². The molecule has 2 aromatic heterocycles. The Bertz CT molecular complexity index is 2600. The van der Waals surface area contributed by atoms with Gasteiger partial charge in [0.1, 0.15) is 0 Å². The van der Waals surface area contributed by atoms with Gasteiger partial charge in [-0.15, -0.1) is 69.8 Å². The number of aryl methyl sites for hydroxylation is 4. The molecule has 0 bridgehead atoms. The number of rotatable bonds is 12. The van der Waals surface area contributed by atoms with E-state index in [0.29, 0.717) is 25.4 Å². The topological polar surface area (TPSA) is 63.1 Å². The van der Waals surface area contributed by atoms with Crippen molar-refractivity contribution in [2.45, 2.75) is 120 Å². The Morgan fingerprint density at radius 3 is 1.58 bits per heavy atom. The van der Waals surface area contributed by atoms with E-state index in [1.54, 1.807) is 6.92 Å². The summed E-state index contributed by atoms with van der Waals surface area (Å²) in [4.78, 5) is 20.6. The maximum absolute atomic E-state index is 12.2. The van der Waals surface area contributed by atoms with Crippen molar-refractivity contribution in [2.75, 3.05) is 0 Å². The Morgan fingerprint density at radius 2 is 1.15 bits per heavy atom. The summed E-state index contributed by atoms with van der Waals surface area (Å²) in [7, 11) is -2.85. The largest absolute Gasteiger partial charge is 0.512 e. The fourth-order valence-electron chi connectivity index (χ4n) is 7.36. The zero-order valence-corrected chi connectivity index (χ0v) is 43.2. The van der Waals surface area contributed by atoms with Crippen LogP contribution in [-0.2, 0) is 24.9 Å². The van der Waals surface area contributed by atoms with E-state index in [1.165, 1.54) is 15.9 Å². The number of hydrogen-bond donors (Lipinski definition) is 1. The molecule has 1 radical (unpaired) electrons. The van der Waals surface area contributed by atoms with Crippen LogP contribution in [0.4, 0.5) is 8.78 Å². The van der Waals surface area contributed by atoms with E-state index in [2.05, 4.69) is 130 Å². The second-order valence-corrected chi connectivity index (χ2v) is 28.4. The van der Waals surface area contributed by atoms with Gasteiger partial charge in [0, 0.05) is 56.8 Å². The Labute approximate surface area is 390 Å². The normalized spacial score (nSPS) is 13.0. The van der Waals surface area contributed by atoms with Crippen molar-refractivity contribution in [1.29, 1.82) is 0 Å². The number of ketones is 1. The van der Waals surface area contributed by atoms with Gasteiger partial charge >= 0.3 is 0 Å². The second kappa shape index (κ2) is 23.0. The number of aromatic nitrogens is 2. The first-order chi connectivity index (χ1) is 29.9. The minimum absolute atomic E-state index is 0. The van der Waals surface area contributed by atoms with Crippen molar-refractivity contribution in [1.82, 2.24) is 9.97 Å². The van der Waals surface area contributed by atoms with Crippen molar-refractivity contribution in [3.05, 3.63) is 131 Å². The van der Waals surface area contributed by atoms with Crippen molar-refractivity contribution in [3.63, 3.8) is 0 Å². The average molecular weight is 1050 g/mol. The summed E-state index contributed by atoms with van der Waals surface area (Å²) in [5.41, 5.74) is 7.98. The van der Waals surface area contributed by atoms with Crippen LogP contribution in [0.15, 0.2) is 97.0 Å². The number of pyridine rings is 2. The third-order valence-electron chi connectivity index (χ3n) is 10.9. The summed E-state index contributed by atoms with van der Waals surface area (Å²) in [6.45, 7) is 27.6. The van der Waals surface area contributed by atoms with Crippen LogP contribution in [-0.4, -0.2) is 43.4 Å². The minimum atomic E-state index is -2.46. The molecular formula is C53H66F2IrN2O2Si2-2. The van der Waals surface area contributed by atoms with Gasteiger partial charge in [-0.25, -0.2) is 8.78 Å². The Balaban J connectivity index is 0.000000262. The number of nitrogens with zero attached hydrogens (tertiary/aromatic N) is 2. The molecule has 0 aliphatic heterocycles. The predicted molar refractivity (Wildman–Crippen MR) is 261 cm³/mol. The average Bonchev–Trinajstić information content (AvgIpc) is 3.20. The predicted octanol–water partition coefficient (Wildman–Crippen LogP) is 13.8. The van der Waals surface area contributed by atoms with Crippen LogP contribution < -0.4 is 10.4 Å². The van der Waals surface area contributed by atoms with E-state index in [9.17, 15) is 18.7 Å². The van der Waals surface area contributed by atoms with Gasteiger partial charge in [-0.2, -0.15) is 0 Å². The molecule has 6 rings (SSSR count). The number of allylic oxidation sites excluding steroid dienone is 2. The monoisotopic (exact) mass is 1050 g/mol. The molecule has 333 valence electrons. The van der Waals surface area contributed by atoms with Gasteiger partial charge in [-0.3, -0.25) is 4.79 Å². The van der Waals surface area contributed by atoms with Gasteiger partial charge in [-0.1, -0.05) is 135 Å². The molecule has 4 aromatic carbocycles. The maximum atomic E-state index is 12.2. The number of aliphatic hydroxyl groups is 1. The van der Waals surface area contributed by atoms with Gasteiger partial charge in [0.15, 0.2) is 5.78 Å². The molecule has 6 aromatic rings. The molecule has 0 aliphatic carbocycles. The molecule has 0 fully saturated rings. The van der Waals surface area contributed by atoms with Crippen LogP contribution in [0.25, 0.3) is 44.1 Å². The molecular weight excluding hydrogens is 983 g/mol. The summed E-state index contributed by atoms with van der Waals surface area (Å²) in [6.07, 6.45) is 0.422. The SMILES string of the molecule is CCC(CC)C(=O)/C=C(\O)C(CC)CC(F)F.[2H]c1cc2cc([Si](C)(C)C)ccc2c(-c2[c-]c(C)cc(C)c2)n1.[2H]c1nc(-c2[c-]c(C)cc(C)c2)c2ccc([Si](C)(C)C)cc2c1[2H].[Ir]. The van der Waals surface area contributed by atoms with Crippen LogP contribution in [0.3, 0.4) is 0 Å². The van der Waals surface area contributed by atoms with E-state index in [1.807, 2.05) is 39.8 Å². The van der Waals surface area contributed by atoms with Gasteiger partial charge in [0.2, 0.25) is 6.43 Å². The molecule has 0 amide bonds. The summed E-state index contributed by atoms with van der Waals surface area (Å²) >= 11 is 0. The molecule has 0 aliphatic rings. The second-order valence-electron chi connectivity index (χ2n) is 18.2. The number of aliphatic hydroxyl groups excluding tert-OH is 1. The molecule has 0 spiro atoms. The first-order valence-corrected chi connectivity index (χ1v) is 28.4. The van der Waals surface area contributed by atoms with Crippen LogP contribution in [0.1, 0.15) is 72.8 Å². The van der Waals surface area contributed by atoms with Crippen LogP contribution in [0.2, 0.25) is 39.3 Å². The van der Waals surface area contributed by atoms with E-state index in [4.69, 9.17) is 4.11 Å². The molecule has 2 heterocycles. The fourth-order valence-corrected chi connectivity index (χ4v) is 9.69. The number of hydrogen-bond acceptors (Lipinski definition) is 4. The molecule has 1 N–H and O–H groups in total. The first kappa shape index (κ1) is 47.3. The molecule has 1 atom stereocenters. The molecule has 9 heteroatoms. The van der Waals surface area contributed by atoms with Gasteiger partial charge < -0.3 is 15.1 Å². The number of benzene rings is 4. The molecule has 4 nitrogen and oxygen atoms in total. The summed E-state index contributed by atoms with van der Waals surface area (Å²) in [5.74, 6) is -1.11. The fraction of sp³-hybridized carbons (Fsp3) is 0.377. The zero-order chi connectivity index (χ0) is 47.8. The Kier molecular flexibility index (Phi) is 17.5. The van der Waals surface area contributed by atoms with E-state index >= 15 is 0 Å². The third kappa shape index (κ3) is 14.4. The molecule has 0 saturated carbocycles. The van der Waals surface area contributed by atoms with E-state index in [-0.39, 0.29) is 49.8 Å². The third-order valence-corrected chi connectivity index (χ3v) is 15.0. The van der Waals surface area contributed by atoms with Gasteiger partial charge in [-0.05, 0) is 64.3 Å². The van der Waals surface area contributed by atoms with Crippen LogP contribution >= 0.6 is 0 Å². The van der Waals surface area contributed by atoms with Gasteiger partial charge in [0.05, 0.1) is 26.0 Å². The van der Waals surface area contributed by atoms with E-state index in [0.717, 1.165) is 66.8 Å². The summed E-state index contributed by atoms with van der Waals surface area (Å²) in [6, 6.07) is 30.1. The molecule has 0 saturated heterocycles. The summed E-state index contributed by atoms with van der Waals surface area (Å²) in [5, 5.41) is 16.3. The zero-order valence-electron chi connectivity index (χ0n) is 41.8. The van der Waals surface area contributed by atoms with Crippen molar-refractivity contribution in [2.24, 2.45) is 11.8 Å².